The highest BCUT2D eigenvalue weighted by atomic mass is 35.5. The molecule has 21 heavy (non-hydrogen) atoms. The van der Waals surface area contributed by atoms with E-state index in [0.717, 1.165) is 18.5 Å². The molecule has 2 atom stereocenters. The van der Waals surface area contributed by atoms with Crippen molar-refractivity contribution < 1.29 is 4.52 Å². The van der Waals surface area contributed by atoms with Gasteiger partial charge in [0.2, 0.25) is 11.7 Å². The third-order valence-corrected chi connectivity index (χ3v) is 4.26. The maximum absolute atomic E-state index is 6.02. The fraction of sp³-hybridized carbons (Fsp3) is 0.467. The van der Waals surface area contributed by atoms with Gasteiger partial charge in [-0.15, -0.1) is 0 Å². The Morgan fingerprint density at radius 3 is 2.62 bits per heavy atom. The van der Waals surface area contributed by atoms with Crippen LogP contribution in [-0.2, 0) is 0 Å². The number of hydrogen-bond acceptors (Lipinski definition) is 4. The van der Waals surface area contributed by atoms with E-state index in [1.165, 1.54) is 0 Å². The molecule has 114 valence electrons. The molecule has 2 rings (SSSR count). The van der Waals surface area contributed by atoms with E-state index in [0.29, 0.717) is 27.8 Å². The minimum absolute atomic E-state index is 0.152. The first-order valence-electron chi connectivity index (χ1n) is 7.09. The molecule has 4 nitrogen and oxygen atoms in total. The Kier molecular flexibility index (Phi) is 5.62. The summed E-state index contributed by atoms with van der Waals surface area (Å²) < 4.78 is 5.40. The first kappa shape index (κ1) is 16.3. The van der Waals surface area contributed by atoms with Gasteiger partial charge in [-0.3, -0.25) is 0 Å². The normalized spacial score (nSPS) is 14.1. The first-order chi connectivity index (χ1) is 10.1. The zero-order chi connectivity index (χ0) is 15.4. The Morgan fingerprint density at radius 2 is 2.00 bits per heavy atom. The number of aromatic nitrogens is 2. The third-order valence-electron chi connectivity index (χ3n) is 3.52. The second-order valence-corrected chi connectivity index (χ2v) is 5.76. The van der Waals surface area contributed by atoms with Crippen LogP contribution in [0.5, 0.6) is 0 Å². The van der Waals surface area contributed by atoms with Crippen LogP contribution in [0.1, 0.15) is 39.0 Å². The van der Waals surface area contributed by atoms with E-state index >= 15 is 0 Å². The van der Waals surface area contributed by atoms with Gasteiger partial charge in [0.05, 0.1) is 16.0 Å². The molecule has 0 spiro atoms. The van der Waals surface area contributed by atoms with Crippen molar-refractivity contribution in [3.05, 3.63) is 34.1 Å². The first-order valence-corrected chi connectivity index (χ1v) is 7.84. The van der Waals surface area contributed by atoms with Crippen molar-refractivity contribution in [2.75, 3.05) is 6.54 Å². The Hall–Kier alpha value is -1.10. The van der Waals surface area contributed by atoms with Gasteiger partial charge in [-0.05, 0) is 31.2 Å². The smallest absolute Gasteiger partial charge is 0.231 e. The molecule has 1 heterocycles. The summed E-state index contributed by atoms with van der Waals surface area (Å²) in [6.07, 6.45) is 0.999. The van der Waals surface area contributed by atoms with Crippen molar-refractivity contribution in [2.45, 2.75) is 39.2 Å². The van der Waals surface area contributed by atoms with E-state index < -0.39 is 0 Å². The Morgan fingerprint density at radius 1 is 1.24 bits per heavy atom. The average molecular weight is 328 g/mol. The molecule has 0 aliphatic carbocycles. The SMILES string of the molecule is CCNC(CC)C(C)c1nc(-c2ccc(Cl)c(Cl)c2)no1. The third kappa shape index (κ3) is 3.76. The molecule has 0 amide bonds. The van der Waals surface area contributed by atoms with Crippen molar-refractivity contribution in [3.63, 3.8) is 0 Å². The lowest BCUT2D eigenvalue weighted by Gasteiger charge is -2.20. The predicted molar refractivity (Wildman–Crippen MR) is 85.9 cm³/mol. The number of nitrogens with one attached hydrogen (secondary N) is 1. The quantitative estimate of drug-likeness (QED) is 0.846. The summed E-state index contributed by atoms with van der Waals surface area (Å²) in [4.78, 5) is 4.48. The van der Waals surface area contributed by atoms with Crippen LogP contribution in [0.25, 0.3) is 11.4 Å². The van der Waals surface area contributed by atoms with Gasteiger partial charge in [0.15, 0.2) is 0 Å². The number of nitrogens with zero attached hydrogens (tertiary/aromatic N) is 2. The van der Waals surface area contributed by atoms with Crippen LogP contribution in [0.2, 0.25) is 10.0 Å². The molecular weight excluding hydrogens is 309 g/mol. The van der Waals surface area contributed by atoms with Gasteiger partial charge in [-0.2, -0.15) is 4.98 Å². The molecule has 0 bridgehead atoms. The lowest BCUT2D eigenvalue weighted by Crippen LogP contribution is -2.33. The van der Waals surface area contributed by atoms with Gasteiger partial charge in [0.25, 0.3) is 0 Å². The molecule has 1 aromatic heterocycles. The van der Waals surface area contributed by atoms with Crippen molar-refractivity contribution >= 4 is 23.2 Å². The minimum atomic E-state index is 0.152. The van der Waals surface area contributed by atoms with Crippen molar-refractivity contribution in [1.29, 1.82) is 0 Å². The van der Waals surface area contributed by atoms with Crippen LogP contribution in [0.15, 0.2) is 22.7 Å². The predicted octanol–water partition coefficient (Wildman–Crippen LogP) is 4.54. The van der Waals surface area contributed by atoms with Gasteiger partial charge in [0, 0.05) is 11.6 Å². The highest BCUT2D eigenvalue weighted by Gasteiger charge is 2.22. The molecule has 2 unspecified atom stereocenters. The van der Waals surface area contributed by atoms with Gasteiger partial charge in [0.1, 0.15) is 0 Å². The summed E-state index contributed by atoms with van der Waals surface area (Å²) >= 11 is 11.9. The fourth-order valence-electron chi connectivity index (χ4n) is 2.28. The number of likely N-dealkylation sites (N-methyl/N-ethyl adjacent to an activating group) is 1. The van der Waals surface area contributed by atoms with E-state index in [9.17, 15) is 0 Å². The highest BCUT2D eigenvalue weighted by molar-refractivity contribution is 6.42. The van der Waals surface area contributed by atoms with Crippen molar-refractivity contribution in [2.24, 2.45) is 0 Å². The van der Waals surface area contributed by atoms with E-state index in [2.05, 4.69) is 36.2 Å². The Balaban J connectivity index is 2.22. The van der Waals surface area contributed by atoms with E-state index in [1.807, 2.05) is 6.07 Å². The zero-order valence-corrected chi connectivity index (χ0v) is 13.9. The summed E-state index contributed by atoms with van der Waals surface area (Å²) in [7, 11) is 0. The van der Waals surface area contributed by atoms with Crippen LogP contribution >= 0.6 is 23.2 Å². The van der Waals surface area contributed by atoms with Gasteiger partial charge >= 0.3 is 0 Å². The van der Waals surface area contributed by atoms with Crippen LogP contribution in [0.4, 0.5) is 0 Å². The average Bonchev–Trinajstić information content (AvgIpc) is 2.96. The topological polar surface area (TPSA) is 51.0 Å². The number of rotatable bonds is 6. The summed E-state index contributed by atoms with van der Waals surface area (Å²) in [5.74, 6) is 1.31. The summed E-state index contributed by atoms with van der Waals surface area (Å²) in [6, 6.07) is 5.61. The van der Waals surface area contributed by atoms with Crippen molar-refractivity contribution in [3.8, 4) is 11.4 Å². The second-order valence-electron chi connectivity index (χ2n) is 4.95. The van der Waals surface area contributed by atoms with Crippen LogP contribution in [0.3, 0.4) is 0 Å². The van der Waals surface area contributed by atoms with Crippen LogP contribution in [-0.4, -0.2) is 22.7 Å². The second kappa shape index (κ2) is 7.25. The standard InChI is InChI=1S/C15H19Cl2N3O/c1-4-13(18-5-2)9(3)15-19-14(20-21-15)10-6-7-11(16)12(17)8-10/h6-9,13,18H,4-5H2,1-3H3. The minimum Gasteiger partial charge on any atom is -0.339 e. The molecule has 0 saturated heterocycles. The summed E-state index contributed by atoms with van der Waals surface area (Å²) in [5, 5.41) is 8.46. The van der Waals surface area contributed by atoms with Crippen LogP contribution in [0, 0.1) is 0 Å². The van der Waals surface area contributed by atoms with E-state index in [-0.39, 0.29) is 5.92 Å². The molecule has 1 N–H and O–H groups in total. The molecule has 6 heteroatoms. The van der Waals surface area contributed by atoms with E-state index in [1.54, 1.807) is 12.1 Å². The molecule has 1 aromatic carbocycles. The fourth-order valence-corrected chi connectivity index (χ4v) is 2.58. The number of benzene rings is 1. The monoisotopic (exact) mass is 327 g/mol. The summed E-state index contributed by atoms with van der Waals surface area (Å²) in [5.41, 5.74) is 0.795. The lowest BCUT2D eigenvalue weighted by molar-refractivity contribution is 0.321. The highest BCUT2D eigenvalue weighted by Crippen LogP contribution is 2.28. The molecule has 0 aliphatic rings. The summed E-state index contributed by atoms with van der Waals surface area (Å²) in [6.45, 7) is 7.23. The van der Waals surface area contributed by atoms with Gasteiger partial charge in [-0.1, -0.05) is 49.1 Å². The Labute approximate surface area is 134 Å². The van der Waals surface area contributed by atoms with Gasteiger partial charge in [-0.25, -0.2) is 0 Å². The molecular formula is C15H19Cl2N3O. The zero-order valence-electron chi connectivity index (χ0n) is 12.4. The number of hydrogen-bond donors (Lipinski definition) is 1. The largest absolute Gasteiger partial charge is 0.339 e. The number of halogens is 2. The molecule has 0 radical (unpaired) electrons. The van der Waals surface area contributed by atoms with Crippen LogP contribution < -0.4 is 5.32 Å². The molecule has 0 saturated carbocycles. The molecule has 0 fully saturated rings. The van der Waals surface area contributed by atoms with E-state index in [4.69, 9.17) is 27.7 Å². The maximum Gasteiger partial charge on any atom is 0.231 e. The van der Waals surface area contributed by atoms with Gasteiger partial charge < -0.3 is 9.84 Å². The Bertz CT molecular complexity index is 600. The molecule has 2 aromatic rings. The van der Waals surface area contributed by atoms with Crippen molar-refractivity contribution in [1.82, 2.24) is 15.5 Å². The lowest BCUT2D eigenvalue weighted by atomic mass is 9.99. The maximum atomic E-state index is 6.02. The molecule has 0 aliphatic heterocycles.